The highest BCUT2D eigenvalue weighted by atomic mass is 32.2. The molecule has 0 spiro atoms. The SMILES string of the molecule is CCOC(=O)CC(c1ccc(C2(C(N)=O)NCc3cc(S(C)(=O)=O)ccc32)cc1)(C(F)(F)F)C(F)(F)F. The molecule has 7 nitrogen and oxygen atoms in total. The van der Waals surface area contributed by atoms with Gasteiger partial charge in [0.05, 0.1) is 17.9 Å². The number of primary amides is 1. The van der Waals surface area contributed by atoms with Crippen LogP contribution in [0, 0.1) is 0 Å². The van der Waals surface area contributed by atoms with Gasteiger partial charge in [0.15, 0.2) is 15.3 Å². The van der Waals surface area contributed by atoms with E-state index in [-0.39, 0.29) is 22.6 Å². The molecule has 2 aromatic carbocycles. The van der Waals surface area contributed by atoms with Gasteiger partial charge in [0, 0.05) is 12.8 Å². The monoisotopic (exact) mass is 552 g/mol. The summed E-state index contributed by atoms with van der Waals surface area (Å²) in [6.07, 6.45) is -12.9. The normalized spacial score (nSPS) is 18.4. The van der Waals surface area contributed by atoms with Gasteiger partial charge in [-0.3, -0.25) is 14.9 Å². The van der Waals surface area contributed by atoms with Gasteiger partial charge in [0.1, 0.15) is 5.54 Å². The van der Waals surface area contributed by atoms with Gasteiger partial charge in [-0.1, -0.05) is 30.3 Å². The third kappa shape index (κ3) is 4.67. The average molecular weight is 552 g/mol. The van der Waals surface area contributed by atoms with Gasteiger partial charge in [-0.2, -0.15) is 26.3 Å². The highest BCUT2D eigenvalue weighted by Crippen LogP contribution is 2.54. The topological polar surface area (TPSA) is 116 Å². The van der Waals surface area contributed by atoms with Crippen LogP contribution >= 0.6 is 0 Å². The molecule has 37 heavy (non-hydrogen) atoms. The van der Waals surface area contributed by atoms with E-state index in [1.54, 1.807) is 0 Å². The van der Waals surface area contributed by atoms with Crippen LogP contribution in [0.4, 0.5) is 26.3 Å². The summed E-state index contributed by atoms with van der Waals surface area (Å²) in [4.78, 5) is 24.4. The first-order valence-electron chi connectivity index (χ1n) is 10.7. The minimum Gasteiger partial charge on any atom is -0.466 e. The summed E-state index contributed by atoms with van der Waals surface area (Å²) in [6, 6.07) is 6.64. The first-order chi connectivity index (χ1) is 16.9. The largest absolute Gasteiger partial charge is 0.466 e. The molecule has 1 unspecified atom stereocenters. The number of sulfone groups is 1. The predicted octanol–water partition coefficient (Wildman–Crippen LogP) is 3.24. The van der Waals surface area contributed by atoms with E-state index in [1.807, 2.05) is 0 Å². The molecule has 1 aliphatic heterocycles. The number of rotatable bonds is 7. The number of nitrogens with two attached hydrogens (primary N) is 1. The number of carbonyl (C=O) groups is 2. The molecule has 0 aromatic heterocycles. The number of halogens is 6. The molecule has 1 atom stereocenters. The van der Waals surface area contributed by atoms with Crippen LogP contribution in [0.15, 0.2) is 47.4 Å². The molecule has 202 valence electrons. The minimum atomic E-state index is -5.93. The molecule has 3 rings (SSSR count). The van der Waals surface area contributed by atoms with Gasteiger partial charge in [-0.05, 0) is 41.3 Å². The van der Waals surface area contributed by atoms with Gasteiger partial charge in [-0.25, -0.2) is 8.42 Å². The second-order valence-corrected chi connectivity index (χ2v) is 10.5. The second-order valence-electron chi connectivity index (χ2n) is 8.52. The summed E-state index contributed by atoms with van der Waals surface area (Å²) >= 11 is 0. The second kappa shape index (κ2) is 9.31. The summed E-state index contributed by atoms with van der Waals surface area (Å²) < 4.78 is 112. The fourth-order valence-corrected chi connectivity index (χ4v) is 5.15. The van der Waals surface area contributed by atoms with Crippen LogP contribution in [-0.4, -0.2) is 45.5 Å². The quantitative estimate of drug-likeness (QED) is 0.403. The Morgan fingerprint density at radius 3 is 2.05 bits per heavy atom. The van der Waals surface area contributed by atoms with E-state index in [0.717, 1.165) is 18.4 Å². The van der Waals surface area contributed by atoms with Crippen molar-refractivity contribution in [2.75, 3.05) is 12.9 Å². The Labute approximate surface area is 207 Å². The highest BCUT2D eigenvalue weighted by molar-refractivity contribution is 7.90. The predicted molar refractivity (Wildman–Crippen MR) is 118 cm³/mol. The van der Waals surface area contributed by atoms with Crippen molar-refractivity contribution in [2.24, 2.45) is 5.73 Å². The Morgan fingerprint density at radius 1 is 1.03 bits per heavy atom. The standard InChI is InChI=1S/C23H22F6N2O5S/c1-3-36-18(32)11-20(22(24,25)26,23(27,28)29)14-4-6-15(7-5-14)21(19(30)33)17-9-8-16(37(2,34)35)10-13(17)12-31-21/h4-10,31H,3,11-12H2,1-2H3,(H2,30,33). The Balaban J connectivity index is 2.18. The molecule has 0 fully saturated rings. The van der Waals surface area contributed by atoms with E-state index >= 15 is 0 Å². The van der Waals surface area contributed by atoms with Crippen molar-refractivity contribution in [1.29, 1.82) is 0 Å². The summed E-state index contributed by atoms with van der Waals surface area (Å²) in [7, 11) is -3.61. The minimum absolute atomic E-state index is 0.0530. The average Bonchev–Trinajstić information content (AvgIpc) is 3.15. The van der Waals surface area contributed by atoms with Crippen LogP contribution in [0.2, 0.25) is 0 Å². The number of benzene rings is 2. The van der Waals surface area contributed by atoms with Crippen LogP contribution in [0.1, 0.15) is 35.6 Å². The van der Waals surface area contributed by atoms with Gasteiger partial charge >= 0.3 is 18.3 Å². The van der Waals surface area contributed by atoms with Gasteiger partial charge in [0.2, 0.25) is 5.91 Å². The van der Waals surface area contributed by atoms with E-state index in [0.29, 0.717) is 17.7 Å². The molecular weight excluding hydrogens is 530 g/mol. The molecular formula is C23H22F6N2O5S. The van der Waals surface area contributed by atoms with Crippen molar-refractivity contribution in [1.82, 2.24) is 5.32 Å². The number of ether oxygens (including phenoxy) is 1. The van der Waals surface area contributed by atoms with Crippen molar-refractivity contribution < 1.29 is 49.1 Å². The van der Waals surface area contributed by atoms with Crippen LogP contribution < -0.4 is 11.1 Å². The molecule has 0 aliphatic carbocycles. The molecule has 0 radical (unpaired) electrons. The Kier molecular flexibility index (Phi) is 7.16. The van der Waals surface area contributed by atoms with Crippen LogP contribution in [0.5, 0.6) is 0 Å². The zero-order valence-corrected chi connectivity index (χ0v) is 20.3. The molecule has 14 heteroatoms. The number of carbonyl (C=O) groups excluding carboxylic acids is 2. The molecule has 3 N–H and O–H groups in total. The molecule has 1 aliphatic rings. The van der Waals surface area contributed by atoms with Gasteiger partial charge in [0.25, 0.3) is 0 Å². The number of esters is 1. The molecule has 0 bridgehead atoms. The van der Waals surface area contributed by atoms with Crippen molar-refractivity contribution in [2.45, 2.75) is 48.1 Å². The number of fused-ring (bicyclic) bond motifs is 1. The van der Waals surface area contributed by atoms with Crippen molar-refractivity contribution in [3.63, 3.8) is 0 Å². The van der Waals surface area contributed by atoms with Gasteiger partial charge < -0.3 is 10.5 Å². The lowest BCUT2D eigenvalue weighted by atomic mass is 9.74. The van der Waals surface area contributed by atoms with E-state index in [9.17, 15) is 44.3 Å². The summed E-state index contributed by atoms with van der Waals surface area (Å²) in [5.74, 6) is -2.71. The first-order valence-corrected chi connectivity index (χ1v) is 12.6. The molecule has 2 aromatic rings. The number of amides is 1. The van der Waals surface area contributed by atoms with E-state index in [1.165, 1.54) is 25.1 Å². The Hall–Kier alpha value is -3.13. The molecule has 0 saturated heterocycles. The van der Waals surface area contributed by atoms with Crippen molar-refractivity contribution >= 4 is 21.7 Å². The number of alkyl halides is 6. The highest BCUT2D eigenvalue weighted by Gasteiger charge is 2.72. The van der Waals surface area contributed by atoms with E-state index in [2.05, 4.69) is 10.1 Å². The molecule has 0 saturated carbocycles. The van der Waals surface area contributed by atoms with Crippen LogP contribution in [0.3, 0.4) is 0 Å². The van der Waals surface area contributed by atoms with E-state index < -0.39 is 63.6 Å². The van der Waals surface area contributed by atoms with Crippen LogP contribution in [-0.2, 0) is 41.7 Å². The number of hydrogen-bond donors (Lipinski definition) is 2. The lowest BCUT2D eigenvalue weighted by Gasteiger charge is -2.37. The van der Waals surface area contributed by atoms with E-state index in [4.69, 9.17) is 5.73 Å². The lowest BCUT2D eigenvalue weighted by Crippen LogP contribution is -2.55. The number of nitrogens with one attached hydrogen (secondary N) is 1. The van der Waals surface area contributed by atoms with Crippen LogP contribution in [0.25, 0.3) is 0 Å². The maximum absolute atomic E-state index is 14.0. The smallest absolute Gasteiger partial charge is 0.407 e. The summed E-state index contributed by atoms with van der Waals surface area (Å²) in [5, 5.41) is 2.81. The number of hydrogen-bond acceptors (Lipinski definition) is 6. The fourth-order valence-electron chi connectivity index (χ4n) is 4.48. The van der Waals surface area contributed by atoms with Crippen molar-refractivity contribution in [3.05, 3.63) is 64.7 Å². The van der Waals surface area contributed by atoms with Gasteiger partial charge in [-0.15, -0.1) is 0 Å². The molecule has 1 amide bonds. The maximum atomic E-state index is 14.0. The summed E-state index contributed by atoms with van der Waals surface area (Å²) in [5.41, 5.74) is -1.62. The first kappa shape index (κ1) is 28.4. The fraction of sp³-hybridized carbons (Fsp3) is 0.391. The van der Waals surface area contributed by atoms with Crippen molar-refractivity contribution in [3.8, 4) is 0 Å². The lowest BCUT2D eigenvalue weighted by molar-refractivity contribution is -0.305. The zero-order valence-electron chi connectivity index (χ0n) is 19.5. The third-order valence-corrected chi connectivity index (χ3v) is 7.43. The Morgan fingerprint density at radius 2 is 1.59 bits per heavy atom. The maximum Gasteiger partial charge on any atom is 0.407 e. The molecule has 1 heterocycles. The Bertz CT molecular complexity index is 1310. The summed E-state index contributed by atoms with van der Waals surface area (Å²) in [6.45, 7) is 0.766. The zero-order chi connectivity index (χ0) is 28.0. The third-order valence-electron chi connectivity index (χ3n) is 6.32.